The summed E-state index contributed by atoms with van der Waals surface area (Å²) in [7, 11) is -3.69. The van der Waals surface area contributed by atoms with Crippen LogP contribution in [-0.4, -0.2) is 23.4 Å². The third-order valence-corrected chi connectivity index (χ3v) is 4.71. The van der Waals surface area contributed by atoms with Gasteiger partial charge in [-0.2, -0.15) is 0 Å². The predicted molar refractivity (Wildman–Crippen MR) is 83.0 cm³/mol. The lowest BCUT2D eigenvalue weighted by molar-refractivity contribution is 0.440. The molecule has 2 aromatic heterocycles. The van der Waals surface area contributed by atoms with Crippen molar-refractivity contribution < 1.29 is 13.2 Å². The van der Waals surface area contributed by atoms with E-state index in [1.54, 1.807) is 48.7 Å². The minimum Gasteiger partial charge on any atom is -0.419 e. The third-order valence-electron chi connectivity index (χ3n) is 3.06. The van der Waals surface area contributed by atoms with E-state index in [1.807, 2.05) is 6.92 Å². The second-order valence-electron chi connectivity index (χ2n) is 4.78. The van der Waals surface area contributed by atoms with Crippen molar-refractivity contribution in [3.63, 3.8) is 0 Å². The molecule has 0 atom stereocenters. The van der Waals surface area contributed by atoms with Gasteiger partial charge in [0.2, 0.25) is 21.6 Å². The second kappa shape index (κ2) is 6.13. The summed E-state index contributed by atoms with van der Waals surface area (Å²) in [5, 5.41) is -0.130. The Morgan fingerprint density at radius 2 is 1.65 bits per heavy atom. The number of hydrogen-bond donors (Lipinski definition) is 0. The van der Waals surface area contributed by atoms with Crippen molar-refractivity contribution in [2.45, 2.75) is 16.8 Å². The van der Waals surface area contributed by atoms with Gasteiger partial charge in [-0.05, 0) is 25.1 Å². The molecule has 1 aromatic carbocycles. The quantitative estimate of drug-likeness (QED) is 0.733. The fourth-order valence-corrected chi connectivity index (χ4v) is 2.97. The van der Waals surface area contributed by atoms with Crippen molar-refractivity contribution in [2.75, 3.05) is 0 Å². The Balaban J connectivity index is 1.85. The second-order valence-corrected chi connectivity index (χ2v) is 6.68. The molecule has 2 heterocycles. The van der Waals surface area contributed by atoms with E-state index in [0.29, 0.717) is 5.88 Å². The summed E-state index contributed by atoms with van der Waals surface area (Å²) in [5.74, 6) is 0.530. The summed E-state index contributed by atoms with van der Waals surface area (Å²) in [6, 6.07) is 11.8. The van der Waals surface area contributed by atoms with Crippen LogP contribution in [-0.2, 0) is 9.84 Å². The molecule has 6 nitrogen and oxygen atoms in total. The van der Waals surface area contributed by atoms with Gasteiger partial charge in [0.25, 0.3) is 0 Å². The van der Waals surface area contributed by atoms with Crippen molar-refractivity contribution in [3.05, 3.63) is 66.6 Å². The van der Waals surface area contributed by atoms with Gasteiger partial charge >= 0.3 is 0 Å². The molecule has 0 bridgehead atoms. The minimum absolute atomic E-state index is 0.130. The van der Waals surface area contributed by atoms with Crippen LogP contribution in [0.25, 0.3) is 0 Å². The molecular formula is C16H13N3O3S. The number of aryl methyl sites for hydroxylation is 1. The van der Waals surface area contributed by atoms with Gasteiger partial charge in [0.1, 0.15) is 0 Å². The summed E-state index contributed by atoms with van der Waals surface area (Å²) in [6.07, 6.45) is 4.02. The standard InChI is InChI=1S/C16H13N3O3S/c1-12-5-7-13(8-6-12)23(20,21)16-11-18-15(10-19-16)22-14-4-2-3-9-17-14/h2-11H,1H3. The summed E-state index contributed by atoms with van der Waals surface area (Å²) < 4.78 is 30.3. The molecule has 0 N–H and O–H groups in total. The van der Waals surface area contributed by atoms with E-state index in [9.17, 15) is 8.42 Å². The largest absolute Gasteiger partial charge is 0.419 e. The molecule has 0 amide bonds. The van der Waals surface area contributed by atoms with Crippen LogP contribution in [0.2, 0.25) is 0 Å². The number of aromatic nitrogens is 3. The molecule has 3 rings (SSSR count). The van der Waals surface area contributed by atoms with E-state index < -0.39 is 9.84 Å². The highest BCUT2D eigenvalue weighted by atomic mass is 32.2. The average molecular weight is 327 g/mol. The molecule has 0 aliphatic carbocycles. The smallest absolute Gasteiger partial charge is 0.239 e. The Morgan fingerprint density at radius 1 is 0.870 bits per heavy atom. The number of rotatable bonds is 4. The maximum atomic E-state index is 12.5. The van der Waals surface area contributed by atoms with Crippen LogP contribution in [0.15, 0.2) is 71.0 Å². The normalized spacial score (nSPS) is 11.2. The summed E-state index contributed by atoms with van der Waals surface area (Å²) in [5.41, 5.74) is 0.981. The first-order valence-corrected chi connectivity index (χ1v) is 8.27. The maximum absolute atomic E-state index is 12.5. The number of hydrogen-bond acceptors (Lipinski definition) is 6. The molecule has 0 spiro atoms. The molecule has 116 valence electrons. The third kappa shape index (κ3) is 3.35. The zero-order chi connectivity index (χ0) is 16.3. The molecule has 0 aliphatic rings. The number of benzene rings is 1. The zero-order valence-electron chi connectivity index (χ0n) is 12.2. The topological polar surface area (TPSA) is 82.0 Å². The fraction of sp³-hybridized carbons (Fsp3) is 0.0625. The molecule has 0 aliphatic heterocycles. The molecule has 0 saturated heterocycles. The first-order valence-electron chi connectivity index (χ1n) is 6.78. The molecule has 0 radical (unpaired) electrons. The SMILES string of the molecule is Cc1ccc(S(=O)(=O)c2cnc(Oc3ccccn3)cn2)cc1. The fourth-order valence-electron chi connectivity index (χ4n) is 1.85. The monoisotopic (exact) mass is 327 g/mol. The van der Waals surface area contributed by atoms with Gasteiger partial charge in [-0.3, -0.25) is 0 Å². The molecule has 0 fully saturated rings. The Morgan fingerprint density at radius 3 is 2.26 bits per heavy atom. The van der Waals surface area contributed by atoms with Gasteiger partial charge in [0, 0.05) is 12.3 Å². The predicted octanol–water partition coefficient (Wildman–Crippen LogP) is 2.81. The van der Waals surface area contributed by atoms with Crippen molar-refractivity contribution in [1.82, 2.24) is 15.0 Å². The first-order chi connectivity index (χ1) is 11.1. The number of nitrogens with zero attached hydrogens (tertiary/aromatic N) is 3. The van der Waals surface area contributed by atoms with Crippen LogP contribution in [0, 0.1) is 6.92 Å². The minimum atomic E-state index is -3.69. The van der Waals surface area contributed by atoms with Gasteiger partial charge in [0.15, 0.2) is 5.03 Å². The van der Waals surface area contributed by atoms with Crippen LogP contribution in [0.1, 0.15) is 5.56 Å². The van der Waals surface area contributed by atoms with E-state index in [0.717, 1.165) is 5.56 Å². The van der Waals surface area contributed by atoms with Gasteiger partial charge in [-0.1, -0.05) is 23.8 Å². The molecule has 0 saturated carbocycles. The Kier molecular flexibility index (Phi) is 4.03. The van der Waals surface area contributed by atoms with Crippen molar-refractivity contribution >= 4 is 9.84 Å². The Bertz CT molecular complexity index is 894. The zero-order valence-corrected chi connectivity index (χ0v) is 13.1. The summed E-state index contributed by atoms with van der Waals surface area (Å²) in [6.45, 7) is 1.89. The average Bonchev–Trinajstić information content (AvgIpc) is 2.57. The first kappa shape index (κ1) is 15.1. The lowest BCUT2D eigenvalue weighted by atomic mass is 10.2. The lowest BCUT2D eigenvalue weighted by Gasteiger charge is -2.06. The number of ether oxygens (including phenoxy) is 1. The van der Waals surface area contributed by atoms with Crippen LogP contribution in [0.4, 0.5) is 0 Å². The lowest BCUT2D eigenvalue weighted by Crippen LogP contribution is -2.05. The maximum Gasteiger partial charge on any atom is 0.239 e. The van der Waals surface area contributed by atoms with E-state index in [-0.39, 0.29) is 15.8 Å². The molecular weight excluding hydrogens is 314 g/mol. The Hall–Kier alpha value is -2.80. The molecule has 0 unspecified atom stereocenters. The van der Waals surface area contributed by atoms with Gasteiger partial charge in [-0.15, -0.1) is 0 Å². The highest BCUT2D eigenvalue weighted by Gasteiger charge is 2.19. The highest BCUT2D eigenvalue weighted by molar-refractivity contribution is 7.91. The van der Waals surface area contributed by atoms with E-state index in [4.69, 9.17) is 4.74 Å². The van der Waals surface area contributed by atoms with Crippen molar-refractivity contribution in [2.24, 2.45) is 0 Å². The number of sulfone groups is 1. The summed E-state index contributed by atoms with van der Waals surface area (Å²) >= 11 is 0. The van der Waals surface area contributed by atoms with E-state index in [1.165, 1.54) is 12.4 Å². The molecule has 7 heteroatoms. The van der Waals surface area contributed by atoms with Gasteiger partial charge in [0.05, 0.1) is 17.3 Å². The van der Waals surface area contributed by atoms with Crippen LogP contribution < -0.4 is 4.74 Å². The Labute approximate surface area is 133 Å². The summed E-state index contributed by atoms with van der Waals surface area (Å²) in [4.78, 5) is 12.1. The molecule has 23 heavy (non-hydrogen) atoms. The van der Waals surface area contributed by atoms with Crippen LogP contribution >= 0.6 is 0 Å². The van der Waals surface area contributed by atoms with Gasteiger partial charge in [-0.25, -0.2) is 23.4 Å². The van der Waals surface area contributed by atoms with E-state index in [2.05, 4.69) is 15.0 Å². The van der Waals surface area contributed by atoms with Crippen LogP contribution in [0.3, 0.4) is 0 Å². The number of pyridine rings is 1. The van der Waals surface area contributed by atoms with Crippen molar-refractivity contribution in [3.8, 4) is 11.8 Å². The van der Waals surface area contributed by atoms with Gasteiger partial charge < -0.3 is 4.74 Å². The van der Waals surface area contributed by atoms with Crippen molar-refractivity contribution in [1.29, 1.82) is 0 Å². The highest BCUT2D eigenvalue weighted by Crippen LogP contribution is 2.21. The van der Waals surface area contributed by atoms with Crippen LogP contribution in [0.5, 0.6) is 11.8 Å². The molecule has 3 aromatic rings. The van der Waals surface area contributed by atoms with E-state index >= 15 is 0 Å².